The van der Waals surface area contributed by atoms with Gasteiger partial charge in [0.15, 0.2) is 0 Å². The van der Waals surface area contributed by atoms with Crippen LogP contribution in [0.3, 0.4) is 0 Å². The highest BCUT2D eigenvalue weighted by Gasteiger charge is 2.24. The van der Waals surface area contributed by atoms with Crippen molar-refractivity contribution in [3.8, 4) is 5.75 Å². The Morgan fingerprint density at radius 2 is 2.12 bits per heavy atom. The molecule has 0 saturated carbocycles. The van der Waals surface area contributed by atoms with Gasteiger partial charge in [0.1, 0.15) is 5.75 Å². The minimum absolute atomic E-state index is 0.522. The maximum atomic E-state index is 5.32. The molecule has 0 bridgehead atoms. The predicted octanol–water partition coefficient (Wildman–Crippen LogP) is 3.49. The van der Waals surface area contributed by atoms with Gasteiger partial charge in [-0.05, 0) is 48.1 Å². The lowest BCUT2D eigenvalue weighted by Gasteiger charge is -2.19. The molecule has 1 aromatic carbocycles. The quantitative estimate of drug-likeness (QED) is 0.863. The van der Waals surface area contributed by atoms with E-state index in [0.717, 1.165) is 18.2 Å². The Kier molecular flexibility index (Phi) is 3.72. The second-order valence-corrected chi connectivity index (χ2v) is 5.45. The Morgan fingerprint density at radius 3 is 2.65 bits per heavy atom. The van der Waals surface area contributed by atoms with E-state index in [1.807, 2.05) is 0 Å². The van der Waals surface area contributed by atoms with Crippen molar-refractivity contribution in [2.75, 3.05) is 13.7 Å². The molecule has 0 spiro atoms. The molecule has 0 aliphatic carbocycles. The highest BCUT2D eigenvalue weighted by atomic mass is 16.5. The summed E-state index contributed by atoms with van der Waals surface area (Å²) in [6.45, 7) is 7.94. The van der Waals surface area contributed by atoms with E-state index >= 15 is 0 Å². The minimum Gasteiger partial charge on any atom is -0.497 e. The first-order chi connectivity index (χ1) is 8.11. The summed E-state index contributed by atoms with van der Waals surface area (Å²) in [7, 11) is 1.73. The summed E-state index contributed by atoms with van der Waals surface area (Å²) in [5, 5.41) is 3.61. The molecule has 1 N–H and O–H groups in total. The second kappa shape index (κ2) is 5.09. The molecule has 1 heterocycles. The van der Waals surface area contributed by atoms with Crippen LogP contribution in [0.2, 0.25) is 0 Å². The molecule has 0 amide bonds. The highest BCUT2D eigenvalue weighted by Crippen LogP contribution is 2.34. The molecular weight excluding hydrogens is 210 g/mol. The summed E-state index contributed by atoms with van der Waals surface area (Å²) >= 11 is 0. The van der Waals surface area contributed by atoms with Gasteiger partial charge >= 0.3 is 0 Å². The van der Waals surface area contributed by atoms with Crippen molar-refractivity contribution in [3.63, 3.8) is 0 Å². The standard InChI is InChI=1S/C15H23NO/c1-10(2)14-8-12(17-4)5-6-13(14)15-7-11(3)9-16-15/h5-6,8,10-11,15-16H,7,9H2,1-4H3/t11-,15+/m0/s1. The molecule has 94 valence electrons. The first kappa shape index (κ1) is 12.4. The van der Waals surface area contributed by atoms with E-state index in [4.69, 9.17) is 4.74 Å². The van der Waals surface area contributed by atoms with Crippen LogP contribution < -0.4 is 10.1 Å². The average Bonchev–Trinajstić information content (AvgIpc) is 2.75. The number of methoxy groups -OCH3 is 1. The van der Waals surface area contributed by atoms with Crippen molar-refractivity contribution < 1.29 is 4.74 Å². The van der Waals surface area contributed by atoms with Gasteiger partial charge in [-0.2, -0.15) is 0 Å². The lowest BCUT2D eigenvalue weighted by molar-refractivity contribution is 0.413. The van der Waals surface area contributed by atoms with Crippen LogP contribution in [0.15, 0.2) is 18.2 Å². The van der Waals surface area contributed by atoms with Gasteiger partial charge in [-0.3, -0.25) is 0 Å². The largest absolute Gasteiger partial charge is 0.497 e. The first-order valence-electron chi connectivity index (χ1n) is 6.53. The number of hydrogen-bond acceptors (Lipinski definition) is 2. The number of ether oxygens (including phenoxy) is 1. The molecule has 17 heavy (non-hydrogen) atoms. The molecule has 2 heteroatoms. The van der Waals surface area contributed by atoms with Crippen molar-refractivity contribution in [2.24, 2.45) is 5.92 Å². The Labute approximate surface area is 104 Å². The SMILES string of the molecule is COc1ccc([C@H]2C[C@H](C)CN2)c(C(C)C)c1. The van der Waals surface area contributed by atoms with Crippen LogP contribution in [0.4, 0.5) is 0 Å². The van der Waals surface area contributed by atoms with Gasteiger partial charge in [-0.1, -0.05) is 26.8 Å². The van der Waals surface area contributed by atoms with E-state index < -0.39 is 0 Å². The van der Waals surface area contributed by atoms with Crippen LogP contribution in [-0.4, -0.2) is 13.7 Å². The molecule has 2 nitrogen and oxygen atoms in total. The van der Waals surface area contributed by atoms with E-state index in [1.165, 1.54) is 17.5 Å². The van der Waals surface area contributed by atoms with Crippen LogP contribution in [0, 0.1) is 5.92 Å². The summed E-state index contributed by atoms with van der Waals surface area (Å²) in [6, 6.07) is 7.01. The van der Waals surface area contributed by atoms with Crippen molar-refractivity contribution in [3.05, 3.63) is 29.3 Å². The van der Waals surface area contributed by atoms with Gasteiger partial charge in [0, 0.05) is 6.04 Å². The summed E-state index contributed by atoms with van der Waals surface area (Å²) in [5.41, 5.74) is 2.86. The zero-order valence-corrected chi connectivity index (χ0v) is 11.3. The van der Waals surface area contributed by atoms with Gasteiger partial charge in [0.25, 0.3) is 0 Å². The fourth-order valence-corrected chi connectivity index (χ4v) is 2.65. The van der Waals surface area contributed by atoms with Gasteiger partial charge in [-0.25, -0.2) is 0 Å². The topological polar surface area (TPSA) is 21.3 Å². The second-order valence-electron chi connectivity index (χ2n) is 5.45. The average molecular weight is 233 g/mol. The molecule has 2 atom stereocenters. The van der Waals surface area contributed by atoms with Crippen LogP contribution in [0.1, 0.15) is 50.3 Å². The number of rotatable bonds is 3. The summed E-state index contributed by atoms with van der Waals surface area (Å²) in [5.74, 6) is 2.28. The normalized spacial score (nSPS) is 24.3. The van der Waals surface area contributed by atoms with Gasteiger partial charge < -0.3 is 10.1 Å². The molecule has 1 saturated heterocycles. The minimum atomic E-state index is 0.522. The van der Waals surface area contributed by atoms with Crippen molar-refractivity contribution >= 4 is 0 Å². The number of hydrogen-bond donors (Lipinski definition) is 1. The zero-order chi connectivity index (χ0) is 12.4. The Balaban J connectivity index is 2.32. The third-order valence-corrected chi connectivity index (χ3v) is 3.64. The van der Waals surface area contributed by atoms with E-state index in [1.54, 1.807) is 7.11 Å². The van der Waals surface area contributed by atoms with Gasteiger partial charge in [0.05, 0.1) is 7.11 Å². The van der Waals surface area contributed by atoms with Crippen molar-refractivity contribution in [1.29, 1.82) is 0 Å². The fraction of sp³-hybridized carbons (Fsp3) is 0.600. The lowest BCUT2D eigenvalue weighted by atomic mass is 9.91. The fourth-order valence-electron chi connectivity index (χ4n) is 2.65. The zero-order valence-electron chi connectivity index (χ0n) is 11.3. The molecule has 1 aliphatic heterocycles. The first-order valence-corrected chi connectivity index (χ1v) is 6.53. The van der Waals surface area contributed by atoms with E-state index in [2.05, 4.69) is 44.3 Å². The number of benzene rings is 1. The summed E-state index contributed by atoms with van der Waals surface area (Å²) in [4.78, 5) is 0. The molecule has 2 rings (SSSR count). The Bertz CT molecular complexity index is 387. The maximum Gasteiger partial charge on any atom is 0.119 e. The lowest BCUT2D eigenvalue weighted by Crippen LogP contribution is -2.15. The predicted molar refractivity (Wildman–Crippen MR) is 71.6 cm³/mol. The maximum absolute atomic E-state index is 5.32. The van der Waals surface area contributed by atoms with Crippen LogP contribution >= 0.6 is 0 Å². The smallest absolute Gasteiger partial charge is 0.119 e. The van der Waals surface area contributed by atoms with E-state index in [-0.39, 0.29) is 0 Å². The summed E-state index contributed by atoms with van der Waals surface area (Å²) < 4.78 is 5.32. The molecule has 0 radical (unpaired) electrons. The van der Waals surface area contributed by atoms with Crippen LogP contribution in [-0.2, 0) is 0 Å². The Morgan fingerprint density at radius 1 is 1.35 bits per heavy atom. The van der Waals surface area contributed by atoms with Gasteiger partial charge in [0.2, 0.25) is 0 Å². The number of nitrogens with one attached hydrogen (secondary N) is 1. The van der Waals surface area contributed by atoms with Crippen LogP contribution in [0.25, 0.3) is 0 Å². The molecular formula is C15H23NO. The molecule has 1 aliphatic rings. The van der Waals surface area contributed by atoms with Crippen LogP contribution in [0.5, 0.6) is 5.75 Å². The van der Waals surface area contributed by atoms with Gasteiger partial charge in [-0.15, -0.1) is 0 Å². The Hall–Kier alpha value is -1.02. The molecule has 1 fully saturated rings. The third kappa shape index (κ3) is 2.63. The van der Waals surface area contributed by atoms with E-state index in [9.17, 15) is 0 Å². The highest BCUT2D eigenvalue weighted by molar-refractivity contribution is 5.39. The van der Waals surface area contributed by atoms with Crippen molar-refractivity contribution in [2.45, 2.75) is 39.2 Å². The van der Waals surface area contributed by atoms with Crippen molar-refractivity contribution in [1.82, 2.24) is 5.32 Å². The molecule has 0 aromatic heterocycles. The van der Waals surface area contributed by atoms with E-state index in [0.29, 0.717) is 12.0 Å². The summed E-state index contributed by atoms with van der Waals surface area (Å²) in [6.07, 6.45) is 1.24. The third-order valence-electron chi connectivity index (χ3n) is 3.64. The molecule has 0 unspecified atom stereocenters. The monoisotopic (exact) mass is 233 g/mol. The molecule has 1 aromatic rings.